The van der Waals surface area contributed by atoms with Crippen molar-refractivity contribution in [1.82, 2.24) is 0 Å². The van der Waals surface area contributed by atoms with Crippen LogP contribution in [0.2, 0.25) is 0 Å². The summed E-state index contributed by atoms with van der Waals surface area (Å²) in [5.74, 6) is 0.615. The molecule has 0 aromatic rings. The van der Waals surface area contributed by atoms with E-state index in [2.05, 4.69) is 31.2 Å². The standard InChI is InChI=1S/C16H26S2/c1-2-3-4-5-6-7-8-11-16(12-9-14-17)13-10-15-18/h6-8,11,14-16H,2-5,9-10,12-13H2,1H3. The molecule has 0 saturated heterocycles. The number of allylic oxidation sites excluding steroid dienone is 4. The van der Waals surface area contributed by atoms with E-state index >= 15 is 0 Å². The lowest BCUT2D eigenvalue weighted by Crippen LogP contribution is -1.97. The molecule has 0 aromatic heterocycles. The minimum absolute atomic E-state index is 0.615. The summed E-state index contributed by atoms with van der Waals surface area (Å²) in [6.45, 7) is 2.24. The summed E-state index contributed by atoms with van der Waals surface area (Å²) in [5, 5.41) is 3.66. The maximum absolute atomic E-state index is 4.89. The topological polar surface area (TPSA) is 0 Å². The van der Waals surface area contributed by atoms with Crippen LogP contribution in [0.5, 0.6) is 0 Å². The fourth-order valence-corrected chi connectivity index (χ4v) is 2.08. The Morgan fingerprint density at radius 2 is 1.56 bits per heavy atom. The molecular weight excluding hydrogens is 256 g/mol. The van der Waals surface area contributed by atoms with Crippen LogP contribution in [0.15, 0.2) is 24.3 Å². The third kappa shape index (κ3) is 12.1. The second kappa shape index (κ2) is 14.7. The molecule has 0 amide bonds. The minimum atomic E-state index is 0.615. The zero-order valence-electron chi connectivity index (χ0n) is 11.5. The minimum Gasteiger partial charge on any atom is -0.0935 e. The third-order valence-electron chi connectivity index (χ3n) is 2.92. The molecule has 0 saturated carbocycles. The molecule has 0 aliphatic carbocycles. The highest BCUT2D eigenvalue weighted by Gasteiger charge is 2.01. The van der Waals surface area contributed by atoms with Crippen LogP contribution in [0.3, 0.4) is 0 Å². The first-order chi connectivity index (χ1) is 8.85. The van der Waals surface area contributed by atoms with Gasteiger partial charge in [0.05, 0.1) is 0 Å². The molecule has 0 rings (SSSR count). The molecule has 0 unspecified atom stereocenters. The summed E-state index contributed by atoms with van der Waals surface area (Å²) >= 11 is 9.77. The lowest BCUT2D eigenvalue weighted by Gasteiger charge is -2.08. The first-order valence-corrected chi connectivity index (χ1v) is 8.00. The lowest BCUT2D eigenvalue weighted by atomic mass is 9.98. The highest BCUT2D eigenvalue weighted by Crippen LogP contribution is 2.14. The fourth-order valence-electron chi connectivity index (χ4n) is 1.81. The van der Waals surface area contributed by atoms with E-state index in [0.29, 0.717) is 5.92 Å². The number of unbranched alkanes of at least 4 members (excludes halogenated alkanes) is 3. The summed E-state index contributed by atoms with van der Waals surface area (Å²) in [4.78, 5) is 0. The monoisotopic (exact) mass is 282 g/mol. The Kier molecular flexibility index (Phi) is 14.4. The Hall–Kier alpha value is -0.340. The summed E-state index contributed by atoms with van der Waals surface area (Å²) in [5.41, 5.74) is 0. The van der Waals surface area contributed by atoms with Gasteiger partial charge in [-0.2, -0.15) is 0 Å². The average Bonchev–Trinajstić information content (AvgIpc) is 2.40. The van der Waals surface area contributed by atoms with E-state index in [-0.39, 0.29) is 0 Å². The van der Waals surface area contributed by atoms with Gasteiger partial charge in [-0.05, 0) is 55.2 Å². The van der Waals surface area contributed by atoms with Crippen LogP contribution in [0.25, 0.3) is 0 Å². The molecule has 0 fully saturated rings. The quantitative estimate of drug-likeness (QED) is 0.250. The van der Waals surface area contributed by atoms with E-state index in [1.165, 1.54) is 25.7 Å². The van der Waals surface area contributed by atoms with Crippen molar-refractivity contribution in [2.75, 3.05) is 0 Å². The Morgan fingerprint density at radius 3 is 2.11 bits per heavy atom. The van der Waals surface area contributed by atoms with E-state index in [1.807, 2.05) is 10.7 Å². The molecule has 0 aliphatic heterocycles. The number of thiocarbonyl (C=S) groups is 2. The van der Waals surface area contributed by atoms with Gasteiger partial charge in [-0.25, -0.2) is 0 Å². The molecular formula is C16H26S2. The van der Waals surface area contributed by atoms with Gasteiger partial charge in [-0.3, -0.25) is 0 Å². The van der Waals surface area contributed by atoms with Gasteiger partial charge in [0.25, 0.3) is 0 Å². The van der Waals surface area contributed by atoms with Gasteiger partial charge in [0, 0.05) is 0 Å². The van der Waals surface area contributed by atoms with E-state index < -0.39 is 0 Å². The molecule has 0 aromatic carbocycles. The molecule has 0 spiro atoms. The van der Waals surface area contributed by atoms with Crippen LogP contribution in [0.4, 0.5) is 0 Å². The summed E-state index contributed by atoms with van der Waals surface area (Å²) < 4.78 is 0. The van der Waals surface area contributed by atoms with Crippen molar-refractivity contribution in [3.05, 3.63) is 24.3 Å². The highest BCUT2D eigenvalue weighted by atomic mass is 32.1. The molecule has 0 aliphatic rings. The number of hydrogen-bond acceptors (Lipinski definition) is 2. The average molecular weight is 283 g/mol. The van der Waals surface area contributed by atoms with Gasteiger partial charge in [0.1, 0.15) is 0 Å². The zero-order chi connectivity index (χ0) is 13.5. The Morgan fingerprint density at radius 1 is 0.889 bits per heavy atom. The van der Waals surface area contributed by atoms with Crippen molar-refractivity contribution in [3.63, 3.8) is 0 Å². The molecule has 2 heteroatoms. The lowest BCUT2D eigenvalue weighted by molar-refractivity contribution is 0.576. The highest BCUT2D eigenvalue weighted by molar-refractivity contribution is 7.79. The maximum atomic E-state index is 4.89. The SMILES string of the molecule is CCCCCC=CC=CC(CCC=S)CCC=S. The molecule has 18 heavy (non-hydrogen) atoms. The second-order valence-corrected chi connectivity index (χ2v) is 5.22. The largest absolute Gasteiger partial charge is 0.0935 e. The van der Waals surface area contributed by atoms with Crippen molar-refractivity contribution >= 4 is 35.2 Å². The van der Waals surface area contributed by atoms with Gasteiger partial charge >= 0.3 is 0 Å². The molecule has 0 radical (unpaired) electrons. The van der Waals surface area contributed by atoms with Crippen LogP contribution in [-0.2, 0) is 0 Å². The third-order valence-corrected chi connectivity index (χ3v) is 3.39. The van der Waals surface area contributed by atoms with Crippen molar-refractivity contribution in [2.45, 2.75) is 58.3 Å². The van der Waals surface area contributed by atoms with Crippen molar-refractivity contribution in [1.29, 1.82) is 0 Å². The van der Waals surface area contributed by atoms with Crippen LogP contribution in [-0.4, -0.2) is 10.7 Å². The summed E-state index contributed by atoms with van der Waals surface area (Å²) in [6.07, 6.45) is 18.4. The van der Waals surface area contributed by atoms with E-state index in [9.17, 15) is 0 Å². The van der Waals surface area contributed by atoms with Crippen LogP contribution >= 0.6 is 24.4 Å². The van der Waals surface area contributed by atoms with Gasteiger partial charge in [0.2, 0.25) is 0 Å². The number of rotatable bonds is 12. The van der Waals surface area contributed by atoms with E-state index in [0.717, 1.165) is 25.7 Å². The molecule has 0 nitrogen and oxygen atoms in total. The second-order valence-electron chi connectivity index (χ2n) is 4.56. The summed E-state index contributed by atoms with van der Waals surface area (Å²) in [6, 6.07) is 0. The molecule has 0 bridgehead atoms. The maximum Gasteiger partial charge on any atom is -0.0210 e. The Labute approximate surface area is 124 Å². The van der Waals surface area contributed by atoms with Crippen molar-refractivity contribution in [3.8, 4) is 0 Å². The Bertz CT molecular complexity index is 242. The zero-order valence-corrected chi connectivity index (χ0v) is 13.1. The van der Waals surface area contributed by atoms with Gasteiger partial charge < -0.3 is 0 Å². The van der Waals surface area contributed by atoms with Crippen LogP contribution < -0.4 is 0 Å². The molecule has 0 atom stereocenters. The predicted octanol–water partition coefficient (Wildman–Crippen LogP) is 5.86. The van der Waals surface area contributed by atoms with Crippen LogP contribution in [0.1, 0.15) is 58.3 Å². The van der Waals surface area contributed by atoms with Gasteiger partial charge in [-0.1, -0.05) is 68.5 Å². The molecule has 102 valence electrons. The van der Waals surface area contributed by atoms with Gasteiger partial charge in [0.15, 0.2) is 0 Å². The van der Waals surface area contributed by atoms with E-state index in [1.54, 1.807) is 0 Å². The predicted molar refractivity (Wildman–Crippen MR) is 91.7 cm³/mol. The Balaban J connectivity index is 3.88. The molecule has 0 N–H and O–H groups in total. The smallest absolute Gasteiger partial charge is 0.0210 e. The summed E-state index contributed by atoms with van der Waals surface area (Å²) in [7, 11) is 0. The number of hydrogen-bond donors (Lipinski definition) is 0. The fraction of sp³-hybridized carbons (Fsp3) is 0.625. The van der Waals surface area contributed by atoms with Gasteiger partial charge in [-0.15, -0.1) is 0 Å². The van der Waals surface area contributed by atoms with Crippen molar-refractivity contribution < 1.29 is 0 Å². The first kappa shape index (κ1) is 17.7. The van der Waals surface area contributed by atoms with Crippen LogP contribution in [0, 0.1) is 5.92 Å². The molecule has 0 heterocycles. The first-order valence-electron chi connectivity index (χ1n) is 7.05. The normalized spacial score (nSPS) is 11.7. The van der Waals surface area contributed by atoms with E-state index in [4.69, 9.17) is 24.4 Å². The van der Waals surface area contributed by atoms with Crippen molar-refractivity contribution in [2.24, 2.45) is 5.92 Å².